The molecule has 8 heteroatoms. The zero-order chi connectivity index (χ0) is 16.8. The minimum atomic E-state index is -0.542. The summed E-state index contributed by atoms with van der Waals surface area (Å²) in [6.45, 7) is 0. The zero-order valence-corrected chi connectivity index (χ0v) is 12.8. The maximum Gasteiger partial charge on any atom is 0.278 e. The number of nitro groups is 1. The molecule has 0 heterocycles. The summed E-state index contributed by atoms with van der Waals surface area (Å²) >= 11 is 5.85. The van der Waals surface area contributed by atoms with E-state index < -0.39 is 10.8 Å². The van der Waals surface area contributed by atoms with Crippen LogP contribution in [0.5, 0.6) is 5.75 Å². The normalized spacial score (nSPS) is 10.5. The summed E-state index contributed by atoms with van der Waals surface area (Å²) in [5.41, 5.74) is 2.66. The number of halogens is 1. The minimum absolute atomic E-state index is 0.106. The van der Waals surface area contributed by atoms with Crippen LogP contribution < -0.4 is 10.2 Å². The van der Waals surface area contributed by atoms with Gasteiger partial charge in [0.05, 0.1) is 29.4 Å². The molecule has 0 aliphatic carbocycles. The first-order valence-corrected chi connectivity index (χ1v) is 6.81. The van der Waals surface area contributed by atoms with Crippen LogP contribution in [0, 0.1) is 10.1 Å². The van der Waals surface area contributed by atoms with Gasteiger partial charge in [-0.2, -0.15) is 5.10 Å². The van der Waals surface area contributed by atoms with Crippen molar-refractivity contribution in [1.82, 2.24) is 5.43 Å². The number of carbonyl (C=O) groups is 1. The fourth-order valence-electron chi connectivity index (χ4n) is 1.84. The molecule has 0 unspecified atom stereocenters. The van der Waals surface area contributed by atoms with E-state index in [0.29, 0.717) is 10.8 Å². The van der Waals surface area contributed by atoms with Crippen LogP contribution in [0.25, 0.3) is 0 Å². The fourth-order valence-corrected chi connectivity index (χ4v) is 2.01. The standard InChI is InChI=1S/C15H12ClN3O4/c1-23-14-7-6-11(16)8-12(14)15(20)18-17-9-10-4-2-3-5-13(10)19(21)22/h2-9H,1H3,(H,18,20). The van der Waals surface area contributed by atoms with Crippen LogP contribution in [0.1, 0.15) is 15.9 Å². The van der Waals surface area contributed by atoms with Gasteiger partial charge in [-0.3, -0.25) is 14.9 Å². The Kier molecular flexibility index (Phi) is 5.27. The van der Waals surface area contributed by atoms with Crippen molar-refractivity contribution in [3.8, 4) is 5.75 Å². The van der Waals surface area contributed by atoms with Gasteiger partial charge in [0.25, 0.3) is 11.6 Å². The molecule has 0 saturated carbocycles. The van der Waals surface area contributed by atoms with Gasteiger partial charge >= 0.3 is 0 Å². The second-order valence-corrected chi connectivity index (χ2v) is 4.80. The highest BCUT2D eigenvalue weighted by Crippen LogP contribution is 2.22. The maximum absolute atomic E-state index is 12.1. The van der Waals surface area contributed by atoms with Crippen molar-refractivity contribution in [2.24, 2.45) is 5.10 Å². The molecule has 0 saturated heterocycles. The van der Waals surface area contributed by atoms with Gasteiger partial charge < -0.3 is 4.74 Å². The van der Waals surface area contributed by atoms with Crippen LogP contribution in [-0.4, -0.2) is 24.2 Å². The van der Waals surface area contributed by atoms with Crippen molar-refractivity contribution in [2.75, 3.05) is 7.11 Å². The van der Waals surface area contributed by atoms with Crippen molar-refractivity contribution in [3.05, 3.63) is 68.7 Å². The van der Waals surface area contributed by atoms with E-state index in [1.165, 1.54) is 31.5 Å². The molecule has 1 N–H and O–H groups in total. The molecule has 7 nitrogen and oxygen atoms in total. The summed E-state index contributed by atoms with van der Waals surface area (Å²) in [5.74, 6) is -0.202. The summed E-state index contributed by atoms with van der Waals surface area (Å²) in [5, 5.41) is 15.0. The van der Waals surface area contributed by atoms with Gasteiger partial charge in [-0.1, -0.05) is 23.7 Å². The summed E-state index contributed by atoms with van der Waals surface area (Å²) in [6.07, 6.45) is 1.20. The Labute approximate surface area is 136 Å². The fraction of sp³-hybridized carbons (Fsp3) is 0.0667. The van der Waals surface area contributed by atoms with Gasteiger partial charge in [-0.05, 0) is 24.3 Å². The number of nitro benzene ring substituents is 1. The van der Waals surface area contributed by atoms with E-state index in [-0.39, 0.29) is 16.8 Å². The van der Waals surface area contributed by atoms with E-state index >= 15 is 0 Å². The van der Waals surface area contributed by atoms with E-state index in [1.54, 1.807) is 24.3 Å². The van der Waals surface area contributed by atoms with Crippen LogP contribution in [0.15, 0.2) is 47.6 Å². The lowest BCUT2D eigenvalue weighted by atomic mass is 10.2. The lowest BCUT2D eigenvalue weighted by Crippen LogP contribution is -2.18. The van der Waals surface area contributed by atoms with Crippen molar-refractivity contribution in [3.63, 3.8) is 0 Å². The predicted octanol–water partition coefficient (Wildman–Crippen LogP) is 3.02. The van der Waals surface area contributed by atoms with Gasteiger partial charge in [-0.25, -0.2) is 5.43 Å². The van der Waals surface area contributed by atoms with Crippen LogP contribution in [0.3, 0.4) is 0 Å². The Hall–Kier alpha value is -2.93. The number of hydrogen-bond donors (Lipinski definition) is 1. The van der Waals surface area contributed by atoms with Crippen LogP contribution in [0.2, 0.25) is 5.02 Å². The molecule has 0 aliphatic heterocycles. The Morgan fingerprint density at radius 1 is 1.35 bits per heavy atom. The van der Waals surface area contributed by atoms with Crippen molar-refractivity contribution in [1.29, 1.82) is 0 Å². The molecule has 0 aliphatic rings. The average molecular weight is 334 g/mol. The Morgan fingerprint density at radius 3 is 2.78 bits per heavy atom. The molecule has 2 rings (SSSR count). The highest BCUT2D eigenvalue weighted by molar-refractivity contribution is 6.31. The molecular weight excluding hydrogens is 322 g/mol. The SMILES string of the molecule is COc1ccc(Cl)cc1C(=O)NN=Cc1ccccc1[N+](=O)[O-]. The van der Waals surface area contributed by atoms with E-state index in [4.69, 9.17) is 16.3 Å². The van der Waals surface area contributed by atoms with Crippen LogP contribution in [-0.2, 0) is 0 Å². The Morgan fingerprint density at radius 2 is 2.09 bits per heavy atom. The minimum Gasteiger partial charge on any atom is -0.496 e. The molecule has 118 valence electrons. The topological polar surface area (TPSA) is 93.8 Å². The maximum atomic E-state index is 12.1. The average Bonchev–Trinajstić information content (AvgIpc) is 2.55. The monoisotopic (exact) mass is 333 g/mol. The molecule has 0 aromatic heterocycles. The largest absolute Gasteiger partial charge is 0.496 e. The van der Waals surface area contributed by atoms with Gasteiger partial charge in [0.15, 0.2) is 0 Å². The molecule has 23 heavy (non-hydrogen) atoms. The molecule has 0 atom stereocenters. The summed E-state index contributed by atoms with van der Waals surface area (Å²) in [6, 6.07) is 10.6. The number of amides is 1. The summed E-state index contributed by atoms with van der Waals surface area (Å²) in [4.78, 5) is 22.5. The zero-order valence-electron chi connectivity index (χ0n) is 12.0. The van der Waals surface area contributed by atoms with E-state index in [0.717, 1.165) is 0 Å². The number of para-hydroxylation sites is 1. The Balaban J connectivity index is 2.17. The Bertz CT molecular complexity index is 777. The first kappa shape index (κ1) is 16.4. The first-order chi connectivity index (χ1) is 11.0. The molecule has 0 spiro atoms. The van der Waals surface area contributed by atoms with Gasteiger partial charge in [0, 0.05) is 11.1 Å². The molecule has 0 radical (unpaired) electrons. The quantitative estimate of drug-likeness (QED) is 0.517. The van der Waals surface area contributed by atoms with Gasteiger partial charge in [0.2, 0.25) is 0 Å². The van der Waals surface area contributed by atoms with Crippen LogP contribution >= 0.6 is 11.6 Å². The number of hydrogen-bond acceptors (Lipinski definition) is 5. The van der Waals surface area contributed by atoms with Crippen LogP contribution in [0.4, 0.5) is 5.69 Å². The molecular formula is C15H12ClN3O4. The van der Waals surface area contributed by atoms with Gasteiger partial charge in [-0.15, -0.1) is 0 Å². The molecule has 2 aromatic rings. The molecule has 0 fully saturated rings. The van der Waals surface area contributed by atoms with E-state index in [1.807, 2.05) is 0 Å². The molecule has 1 amide bonds. The number of methoxy groups -OCH3 is 1. The number of hydrazone groups is 1. The molecule has 0 bridgehead atoms. The lowest BCUT2D eigenvalue weighted by molar-refractivity contribution is -0.385. The third-order valence-electron chi connectivity index (χ3n) is 2.91. The highest BCUT2D eigenvalue weighted by Gasteiger charge is 2.13. The van der Waals surface area contributed by atoms with E-state index in [2.05, 4.69) is 10.5 Å². The third-order valence-corrected chi connectivity index (χ3v) is 3.14. The van der Waals surface area contributed by atoms with Crippen molar-refractivity contribution >= 4 is 29.4 Å². The second kappa shape index (κ2) is 7.37. The van der Waals surface area contributed by atoms with Crippen molar-refractivity contribution < 1.29 is 14.5 Å². The number of nitrogens with zero attached hydrogens (tertiary/aromatic N) is 2. The summed E-state index contributed by atoms with van der Waals surface area (Å²) < 4.78 is 5.08. The van der Waals surface area contributed by atoms with Crippen molar-refractivity contribution in [2.45, 2.75) is 0 Å². The first-order valence-electron chi connectivity index (χ1n) is 6.43. The van der Waals surface area contributed by atoms with E-state index in [9.17, 15) is 14.9 Å². The number of rotatable bonds is 5. The highest BCUT2D eigenvalue weighted by atomic mass is 35.5. The predicted molar refractivity (Wildman–Crippen MR) is 86.2 cm³/mol. The number of nitrogens with one attached hydrogen (secondary N) is 1. The summed E-state index contributed by atoms with van der Waals surface area (Å²) in [7, 11) is 1.43. The lowest BCUT2D eigenvalue weighted by Gasteiger charge is -2.07. The molecule has 2 aromatic carbocycles. The third kappa shape index (κ3) is 4.04. The number of benzene rings is 2. The number of ether oxygens (including phenoxy) is 1. The smallest absolute Gasteiger partial charge is 0.278 e. The van der Waals surface area contributed by atoms with Gasteiger partial charge in [0.1, 0.15) is 5.75 Å². The second-order valence-electron chi connectivity index (χ2n) is 4.36. The number of carbonyl (C=O) groups excluding carboxylic acids is 1.